The third-order valence-electron chi connectivity index (χ3n) is 4.43. The fourth-order valence-corrected chi connectivity index (χ4v) is 3.24. The molecule has 24 heavy (non-hydrogen) atoms. The van der Waals surface area contributed by atoms with E-state index in [4.69, 9.17) is 4.74 Å². The molecule has 2 aromatic heterocycles. The second-order valence-corrected chi connectivity index (χ2v) is 6.32. The molecule has 1 aliphatic heterocycles. The number of carbonyl (C=O) groups excluding carboxylic acids is 1. The number of nitrogens with zero attached hydrogens (tertiary/aromatic N) is 4. The van der Waals surface area contributed by atoms with Gasteiger partial charge in [0.15, 0.2) is 6.61 Å². The molecular weight excluding hydrogens is 304 g/mol. The maximum Gasteiger partial charge on any atom is 0.260 e. The molecule has 1 saturated heterocycles. The van der Waals surface area contributed by atoms with E-state index in [0.29, 0.717) is 5.75 Å². The first kappa shape index (κ1) is 16.5. The Bertz CT molecular complexity index is 684. The maximum absolute atomic E-state index is 12.6. The highest BCUT2D eigenvalue weighted by molar-refractivity contribution is 5.78. The number of ether oxygens (including phenoxy) is 1. The zero-order chi connectivity index (χ0) is 16.9. The summed E-state index contributed by atoms with van der Waals surface area (Å²) in [6, 6.07) is 5.86. The lowest BCUT2D eigenvalue weighted by molar-refractivity contribution is -0.137. The fraction of sp³-hybridized carbons (Fsp3) is 0.500. The van der Waals surface area contributed by atoms with E-state index in [1.54, 1.807) is 18.5 Å². The van der Waals surface area contributed by atoms with Gasteiger partial charge in [-0.1, -0.05) is 0 Å². The molecule has 1 aliphatic rings. The first-order chi connectivity index (χ1) is 11.6. The van der Waals surface area contributed by atoms with Crippen molar-refractivity contribution in [3.8, 4) is 5.75 Å². The third-order valence-corrected chi connectivity index (χ3v) is 4.43. The van der Waals surface area contributed by atoms with Crippen LogP contribution in [0.1, 0.15) is 30.7 Å². The van der Waals surface area contributed by atoms with Crippen LogP contribution in [0.3, 0.4) is 0 Å². The van der Waals surface area contributed by atoms with Crippen molar-refractivity contribution in [1.29, 1.82) is 0 Å². The van der Waals surface area contributed by atoms with E-state index in [-0.39, 0.29) is 18.6 Å². The molecule has 1 fully saturated rings. The van der Waals surface area contributed by atoms with Crippen LogP contribution >= 0.6 is 0 Å². The third kappa shape index (κ3) is 3.93. The number of aryl methyl sites for hydroxylation is 2. The van der Waals surface area contributed by atoms with Gasteiger partial charge in [0, 0.05) is 18.4 Å². The van der Waals surface area contributed by atoms with E-state index in [9.17, 15) is 4.79 Å². The van der Waals surface area contributed by atoms with Crippen LogP contribution in [-0.4, -0.2) is 44.8 Å². The monoisotopic (exact) mass is 328 g/mol. The molecule has 128 valence electrons. The summed E-state index contributed by atoms with van der Waals surface area (Å²) in [7, 11) is 0. The highest BCUT2D eigenvalue weighted by atomic mass is 16.5. The van der Waals surface area contributed by atoms with Crippen molar-refractivity contribution in [3.05, 3.63) is 42.0 Å². The van der Waals surface area contributed by atoms with E-state index in [1.807, 2.05) is 22.6 Å². The number of rotatable bonds is 5. The van der Waals surface area contributed by atoms with Crippen molar-refractivity contribution in [2.45, 2.75) is 45.7 Å². The van der Waals surface area contributed by atoms with Gasteiger partial charge in [-0.15, -0.1) is 0 Å². The first-order valence-corrected chi connectivity index (χ1v) is 8.47. The Hall–Kier alpha value is -2.37. The van der Waals surface area contributed by atoms with Crippen molar-refractivity contribution >= 4 is 5.91 Å². The summed E-state index contributed by atoms with van der Waals surface area (Å²) in [6.07, 6.45) is 6.51. The summed E-state index contributed by atoms with van der Waals surface area (Å²) >= 11 is 0. The number of pyridine rings is 1. The molecule has 0 radical (unpaired) electrons. The Morgan fingerprint density at radius 3 is 2.96 bits per heavy atom. The lowest BCUT2D eigenvalue weighted by atomic mass is 10.0. The maximum atomic E-state index is 12.6. The van der Waals surface area contributed by atoms with Crippen molar-refractivity contribution in [3.63, 3.8) is 0 Å². The summed E-state index contributed by atoms with van der Waals surface area (Å²) in [5, 5.41) is 4.53. The van der Waals surface area contributed by atoms with Crippen LogP contribution in [0.4, 0.5) is 0 Å². The molecule has 1 atom stereocenters. The zero-order valence-corrected chi connectivity index (χ0v) is 14.3. The van der Waals surface area contributed by atoms with Gasteiger partial charge in [0.2, 0.25) is 0 Å². The van der Waals surface area contributed by atoms with Gasteiger partial charge in [-0.2, -0.15) is 5.10 Å². The average molecular weight is 328 g/mol. The minimum absolute atomic E-state index is 0.0325. The normalized spacial score (nSPS) is 17.8. The number of amides is 1. The van der Waals surface area contributed by atoms with Crippen LogP contribution in [0.2, 0.25) is 0 Å². The second kappa shape index (κ2) is 7.47. The van der Waals surface area contributed by atoms with Crippen molar-refractivity contribution in [2.24, 2.45) is 0 Å². The predicted octanol–water partition coefficient (Wildman–Crippen LogP) is 2.36. The molecule has 0 unspecified atom stereocenters. The van der Waals surface area contributed by atoms with Gasteiger partial charge in [-0.05, 0) is 51.3 Å². The van der Waals surface area contributed by atoms with Crippen LogP contribution in [-0.2, 0) is 11.3 Å². The minimum Gasteiger partial charge on any atom is -0.482 e. The zero-order valence-electron chi connectivity index (χ0n) is 14.3. The molecule has 3 heterocycles. The van der Waals surface area contributed by atoms with Gasteiger partial charge in [-0.25, -0.2) is 0 Å². The minimum atomic E-state index is 0.0325. The summed E-state index contributed by atoms with van der Waals surface area (Å²) < 4.78 is 7.58. The van der Waals surface area contributed by atoms with Crippen molar-refractivity contribution in [2.75, 3.05) is 13.2 Å². The molecule has 6 heteroatoms. The molecule has 6 nitrogen and oxygen atoms in total. The number of piperidine rings is 1. The number of likely N-dealkylation sites (tertiary alicyclic amines) is 1. The van der Waals surface area contributed by atoms with Crippen molar-refractivity contribution in [1.82, 2.24) is 19.7 Å². The topological polar surface area (TPSA) is 60.2 Å². The van der Waals surface area contributed by atoms with Crippen LogP contribution in [0.15, 0.2) is 30.6 Å². The summed E-state index contributed by atoms with van der Waals surface area (Å²) in [6.45, 7) is 5.65. The summed E-state index contributed by atoms with van der Waals surface area (Å²) in [5.41, 5.74) is 2.15. The average Bonchev–Trinajstić information content (AvgIpc) is 2.91. The number of carbonyl (C=O) groups is 1. The van der Waals surface area contributed by atoms with Gasteiger partial charge in [-0.3, -0.25) is 14.5 Å². The van der Waals surface area contributed by atoms with E-state index >= 15 is 0 Å². The largest absolute Gasteiger partial charge is 0.482 e. The Kier molecular flexibility index (Phi) is 5.13. The van der Waals surface area contributed by atoms with E-state index < -0.39 is 0 Å². The molecule has 0 spiro atoms. The molecule has 0 saturated carbocycles. The first-order valence-electron chi connectivity index (χ1n) is 8.47. The molecule has 0 aliphatic carbocycles. The van der Waals surface area contributed by atoms with Crippen LogP contribution in [0.25, 0.3) is 0 Å². The number of hydrogen-bond acceptors (Lipinski definition) is 4. The summed E-state index contributed by atoms with van der Waals surface area (Å²) in [5.74, 6) is 0.656. The van der Waals surface area contributed by atoms with Crippen LogP contribution < -0.4 is 4.74 Å². The Morgan fingerprint density at radius 2 is 2.25 bits per heavy atom. The summed E-state index contributed by atoms with van der Waals surface area (Å²) in [4.78, 5) is 18.6. The molecule has 1 amide bonds. The molecule has 3 rings (SSSR count). The van der Waals surface area contributed by atoms with E-state index in [2.05, 4.69) is 23.1 Å². The van der Waals surface area contributed by atoms with Crippen molar-refractivity contribution < 1.29 is 9.53 Å². The molecule has 0 bridgehead atoms. The Morgan fingerprint density at radius 1 is 1.38 bits per heavy atom. The molecule has 0 aromatic carbocycles. The SMILES string of the molecule is Cc1cc(C)n(C[C@H]2CCCCN2C(=O)COc2cccnc2)n1. The standard InChI is InChI=1S/C18H24N4O2/c1-14-10-15(2)22(20-14)12-16-6-3-4-9-21(16)18(23)13-24-17-7-5-8-19-11-17/h5,7-8,10-11,16H,3-4,6,9,12-13H2,1-2H3/t16-/m1/s1. The fourth-order valence-electron chi connectivity index (χ4n) is 3.24. The van der Waals surface area contributed by atoms with Crippen LogP contribution in [0.5, 0.6) is 5.75 Å². The highest BCUT2D eigenvalue weighted by Gasteiger charge is 2.27. The van der Waals surface area contributed by atoms with Gasteiger partial charge in [0.05, 0.1) is 24.5 Å². The number of aromatic nitrogens is 3. The predicted molar refractivity (Wildman–Crippen MR) is 90.8 cm³/mol. The van der Waals surface area contributed by atoms with Gasteiger partial charge < -0.3 is 9.64 Å². The van der Waals surface area contributed by atoms with Gasteiger partial charge in [0.1, 0.15) is 5.75 Å². The molecule has 0 N–H and O–H groups in total. The Balaban J connectivity index is 1.63. The number of hydrogen-bond donors (Lipinski definition) is 0. The Labute approximate surface area is 142 Å². The lowest BCUT2D eigenvalue weighted by Gasteiger charge is -2.35. The highest BCUT2D eigenvalue weighted by Crippen LogP contribution is 2.20. The van der Waals surface area contributed by atoms with E-state index in [0.717, 1.165) is 43.7 Å². The molecule has 2 aromatic rings. The second-order valence-electron chi connectivity index (χ2n) is 6.32. The van der Waals surface area contributed by atoms with E-state index in [1.165, 1.54) is 0 Å². The quantitative estimate of drug-likeness (QED) is 0.845. The lowest BCUT2D eigenvalue weighted by Crippen LogP contribution is -2.47. The van der Waals surface area contributed by atoms with Gasteiger partial charge in [0.25, 0.3) is 5.91 Å². The van der Waals surface area contributed by atoms with Gasteiger partial charge >= 0.3 is 0 Å². The molecular formula is C18H24N4O2. The van der Waals surface area contributed by atoms with Crippen LogP contribution in [0, 0.1) is 13.8 Å². The smallest absolute Gasteiger partial charge is 0.260 e.